The molecule has 1 unspecified atom stereocenters. The van der Waals surface area contributed by atoms with Gasteiger partial charge in [0.2, 0.25) is 0 Å². The van der Waals surface area contributed by atoms with Crippen LogP contribution in [0.5, 0.6) is 0 Å². The molecule has 1 atom stereocenters. The minimum absolute atomic E-state index is 0.0816. The Morgan fingerprint density at radius 1 is 1.04 bits per heavy atom. The van der Waals surface area contributed by atoms with E-state index in [1.54, 1.807) is 6.92 Å². The van der Waals surface area contributed by atoms with Crippen molar-refractivity contribution in [2.45, 2.75) is 25.9 Å². The summed E-state index contributed by atoms with van der Waals surface area (Å²) in [4.78, 5) is 16.7. The van der Waals surface area contributed by atoms with Crippen molar-refractivity contribution < 1.29 is 9.90 Å². The number of nitrogens with zero attached hydrogens (tertiary/aromatic N) is 1. The number of aliphatic imine (C=N–C) groups is 1. The van der Waals surface area contributed by atoms with E-state index in [1.807, 2.05) is 60.7 Å². The van der Waals surface area contributed by atoms with Gasteiger partial charge in [-0.2, -0.15) is 0 Å². The van der Waals surface area contributed by atoms with Crippen molar-refractivity contribution in [2.24, 2.45) is 4.99 Å². The third-order valence-electron chi connectivity index (χ3n) is 4.10. The predicted molar refractivity (Wildman–Crippen MR) is 95.0 cm³/mol. The zero-order chi connectivity index (χ0) is 16.9. The van der Waals surface area contributed by atoms with Gasteiger partial charge in [0.05, 0.1) is 18.2 Å². The molecule has 0 bridgehead atoms. The first-order valence-electron chi connectivity index (χ1n) is 7.98. The summed E-state index contributed by atoms with van der Waals surface area (Å²) < 4.78 is 0. The smallest absolute Gasteiger partial charge is 0.257 e. The number of carbonyl (C=O) groups excluding carboxylic acids is 1. The van der Waals surface area contributed by atoms with Gasteiger partial charge in [0.15, 0.2) is 0 Å². The van der Waals surface area contributed by atoms with Crippen LogP contribution in [0, 0.1) is 0 Å². The van der Waals surface area contributed by atoms with Gasteiger partial charge in [0.25, 0.3) is 5.91 Å². The highest BCUT2D eigenvalue weighted by atomic mass is 16.3. The highest BCUT2D eigenvalue weighted by Gasteiger charge is 2.33. The van der Waals surface area contributed by atoms with Crippen molar-refractivity contribution in [1.29, 1.82) is 0 Å². The number of aliphatic hydroxyl groups is 1. The Morgan fingerprint density at radius 2 is 1.62 bits per heavy atom. The number of hydrogen-bond donors (Lipinski definition) is 2. The molecular weight excluding hydrogens is 300 g/mol. The lowest BCUT2D eigenvalue weighted by Gasteiger charge is -2.10. The van der Waals surface area contributed by atoms with Gasteiger partial charge in [-0.05, 0) is 24.5 Å². The highest BCUT2D eigenvalue weighted by Crippen LogP contribution is 2.20. The molecule has 122 valence electrons. The van der Waals surface area contributed by atoms with Gasteiger partial charge in [0, 0.05) is 5.71 Å². The second-order valence-electron chi connectivity index (χ2n) is 5.86. The number of hydrogen-bond acceptors (Lipinski definition) is 3. The largest absolute Gasteiger partial charge is 0.509 e. The normalized spacial score (nSPS) is 18.0. The first kappa shape index (κ1) is 16.0. The summed E-state index contributed by atoms with van der Waals surface area (Å²) in [7, 11) is 0. The Balaban J connectivity index is 1.76. The molecule has 0 saturated heterocycles. The molecular formula is C20H20N2O2. The van der Waals surface area contributed by atoms with Crippen molar-refractivity contribution in [3.05, 3.63) is 83.1 Å². The van der Waals surface area contributed by atoms with Crippen molar-refractivity contribution >= 4 is 11.6 Å². The fraction of sp³-hybridized carbons (Fsp3) is 0.200. The summed E-state index contributed by atoms with van der Waals surface area (Å²) in [6, 6.07) is 19.2. The molecule has 0 aliphatic carbocycles. The average Bonchev–Trinajstić information content (AvgIpc) is 2.88. The molecule has 1 amide bonds. The van der Waals surface area contributed by atoms with Gasteiger partial charge in [-0.15, -0.1) is 0 Å². The predicted octanol–water partition coefficient (Wildman–Crippen LogP) is 3.20. The quantitative estimate of drug-likeness (QED) is 0.831. The molecule has 2 aromatic carbocycles. The average molecular weight is 320 g/mol. The SMILES string of the molecule is CC(=NCc1ccccc1)C1=C(O)C(Cc2ccccc2)NC1=O. The van der Waals surface area contributed by atoms with E-state index in [0.29, 0.717) is 24.3 Å². The first-order chi connectivity index (χ1) is 11.6. The van der Waals surface area contributed by atoms with Crippen molar-refractivity contribution in [1.82, 2.24) is 5.32 Å². The van der Waals surface area contributed by atoms with Crippen molar-refractivity contribution in [3.8, 4) is 0 Å². The number of carbonyl (C=O) groups is 1. The summed E-state index contributed by atoms with van der Waals surface area (Å²) in [5.74, 6) is -0.180. The molecule has 0 saturated carbocycles. The van der Waals surface area contributed by atoms with Gasteiger partial charge >= 0.3 is 0 Å². The molecule has 2 N–H and O–H groups in total. The second-order valence-corrected chi connectivity index (χ2v) is 5.86. The molecule has 2 aromatic rings. The summed E-state index contributed by atoms with van der Waals surface area (Å²) in [5.41, 5.74) is 2.99. The lowest BCUT2D eigenvalue weighted by atomic mass is 10.0. The maximum atomic E-state index is 12.2. The van der Waals surface area contributed by atoms with Gasteiger partial charge in [-0.3, -0.25) is 9.79 Å². The monoisotopic (exact) mass is 320 g/mol. The Kier molecular flexibility index (Phi) is 4.75. The van der Waals surface area contributed by atoms with Crippen LogP contribution in [0.15, 0.2) is 77.0 Å². The third-order valence-corrected chi connectivity index (χ3v) is 4.10. The topological polar surface area (TPSA) is 61.7 Å². The molecule has 0 aromatic heterocycles. The van der Waals surface area contributed by atoms with Crippen LogP contribution < -0.4 is 5.32 Å². The third kappa shape index (κ3) is 3.54. The summed E-state index contributed by atoms with van der Waals surface area (Å²) in [5, 5.41) is 13.3. The van der Waals surface area contributed by atoms with E-state index in [1.165, 1.54) is 0 Å². The van der Waals surface area contributed by atoms with Crippen molar-refractivity contribution in [2.75, 3.05) is 0 Å². The van der Waals surface area contributed by atoms with E-state index in [2.05, 4.69) is 10.3 Å². The first-order valence-corrected chi connectivity index (χ1v) is 7.98. The lowest BCUT2D eigenvalue weighted by molar-refractivity contribution is -0.116. The maximum Gasteiger partial charge on any atom is 0.257 e. The van der Waals surface area contributed by atoms with Crippen LogP contribution in [0.25, 0.3) is 0 Å². The van der Waals surface area contributed by atoms with E-state index in [0.717, 1.165) is 11.1 Å². The van der Waals surface area contributed by atoms with Crippen LogP contribution in [0.1, 0.15) is 18.1 Å². The van der Waals surface area contributed by atoms with Gasteiger partial charge in [-0.1, -0.05) is 60.7 Å². The summed E-state index contributed by atoms with van der Waals surface area (Å²) in [6.45, 7) is 2.25. The van der Waals surface area contributed by atoms with Gasteiger partial charge in [0.1, 0.15) is 5.76 Å². The highest BCUT2D eigenvalue weighted by molar-refractivity contribution is 6.22. The van der Waals surface area contributed by atoms with E-state index in [4.69, 9.17) is 0 Å². The molecule has 4 nitrogen and oxygen atoms in total. The standard InChI is InChI=1S/C20H20N2O2/c1-14(21-13-16-10-6-3-7-11-16)18-19(23)17(22-20(18)24)12-15-8-4-2-5-9-15/h2-11,17,23H,12-13H2,1H3,(H,22,24). The molecule has 1 aliphatic heterocycles. The number of amides is 1. The van der Waals surface area contributed by atoms with Gasteiger partial charge in [-0.25, -0.2) is 0 Å². The fourth-order valence-corrected chi connectivity index (χ4v) is 2.81. The number of rotatable bonds is 5. The van der Waals surface area contributed by atoms with Crippen LogP contribution in [0.2, 0.25) is 0 Å². The Bertz CT molecular complexity index is 780. The fourth-order valence-electron chi connectivity index (χ4n) is 2.81. The molecule has 0 spiro atoms. The Morgan fingerprint density at radius 3 is 2.25 bits per heavy atom. The Hall–Kier alpha value is -2.88. The van der Waals surface area contributed by atoms with Crippen LogP contribution in [-0.4, -0.2) is 22.8 Å². The number of nitrogens with one attached hydrogen (secondary N) is 1. The summed E-state index contributed by atoms with van der Waals surface area (Å²) in [6.07, 6.45) is 0.563. The second kappa shape index (κ2) is 7.13. The van der Waals surface area contributed by atoms with E-state index < -0.39 is 6.04 Å². The minimum atomic E-state index is -0.392. The molecule has 4 heteroatoms. The molecule has 24 heavy (non-hydrogen) atoms. The van der Waals surface area contributed by atoms with E-state index in [-0.39, 0.29) is 11.7 Å². The molecule has 0 fully saturated rings. The number of benzene rings is 2. The molecule has 3 rings (SSSR count). The van der Waals surface area contributed by atoms with Crippen LogP contribution >= 0.6 is 0 Å². The van der Waals surface area contributed by atoms with Crippen LogP contribution in [0.3, 0.4) is 0 Å². The van der Waals surface area contributed by atoms with Crippen molar-refractivity contribution in [3.63, 3.8) is 0 Å². The van der Waals surface area contributed by atoms with Gasteiger partial charge < -0.3 is 10.4 Å². The molecule has 0 radical (unpaired) electrons. The van der Waals surface area contributed by atoms with Crippen LogP contribution in [0.4, 0.5) is 0 Å². The minimum Gasteiger partial charge on any atom is -0.509 e. The molecule has 1 heterocycles. The maximum absolute atomic E-state index is 12.2. The zero-order valence-corrected chi connectivity index (χ0v) is 13.6. The lowest BCUT2D eigenvalue weighted by Crippen LogP contribution is -2.31. The summed E-state index contributed by atoms with van der Waals surface area (Å²) >= 11 is 0. The van der Waals surface area contributed by atoms with Crippen LogP contribution in [-0.2, 0) is 17.8 Å². The van der Waals surface area contributed by atoms with E-state index >= 15 is 0 Å². The molecule has 1 aliphatic rings. The number of aliphatic hydroxyl groups excluding tert-OH is 1. The Labute approximate surface area is 141 Å². The van der Waals surface area contributed by atoms with E-state index in [9.17, 15) is 9.90 Å². The zero-order valence-electron chi connectivity index (χ0n) is 13.6.